The number of fused-ring (bicyclic) bond motifs is 1. The number of nitrogens with zero attached hydrogens (tertiary/aromatic N) is 1. The van der Waals surface area contributed by atoms with E-state index in [9.17, 15) is 9.59 Å². The lowest BCUT2D eigenvalue weighted by atomic mass is 9.80. The first kappa shape index (κ1) is 17.3. The second-order valence-electron chi connectivity index (χ2n) is 7.24. The van der Waals surface area contributed by atoms with Crippen LogP contribution >= 0.6 is 0 Å². The molecule has 1 amide bonds. The van der Waals surface area contributed by atoms with Crippen LogP contribution in [0.25, 0.3) is 0 Å². The van der Waals surface area contributed by atoms with Gasteiger partial charge in [0.2, 0.25) is 0 Å². The van der Waals surface area contributed by atoms with E-state index in [1.165, 1.54) is 4.90 Å². The van der Waals surface area contributed by atoms with Crippen LogP contribution in [-0.2, 0) is 19.7 Å². The molecule has 0 radical (unpaired) electrons. The second-order valence-corrected chi connectivity index (χ2v) is 7.24. The highest BCUT2D eigenvalue weighted by Gasteiger charge is 2.52. The summed E-state index contributed by atoms with van der Waals surface area (Å²) >= 11 is 0. The van der Waals surface area contributed by atoms with Gasteiger partial charge >= 0.3 is 12.1 Å². The zero-order valence-corrected chi connectivity index (χ0v) is 14.7. The lowest BCUT2D eigenvalue weighted by Crippen LogP contribution is -2.52. The number of carbonyl (C=O) groups is 2. The van der Waals surface area contributed by atoms with Crippen molar-refractivity contribution >= 4 is 17.7 Å². The summed E-state index contributed by atoms with van der Waals surface area (Å²) in [5.74, 6) is -0.417. The first-order valence-electron chi connectivity index (χ1n) is 7.88. The van der Waals surface area contributed by atoms with Gasteiger partial charge in [-0.3, -0.25) is 4.90 Å². The molecule has 0 aromatic heterocycles. The molecule has 0 aliphatic carbocycles. The van der Waals surface area contributed by atoms with E-state index in [4.69, 9.17) is 9.47 Å². The molecule has 1 atom stereocenters. The summed E-state index contributed by atoms with van der Waals surface area (Å²) in [6, 6.07) is 6.78. The second kappa shape index (κ2) is 5.87. The van der Waals surface area contributed by atoms with E-state index in [1.807, 2.05) is 38.1 Å². The van der Waals surface area contributed by atoms with Crippen molar-refractivity contribution in [1.82, 2.24) is 0 Å². The summed E-state index contributed by atoms with van der Waals surface area (Å²) in [5.41, 5.74) is 0.436. The minimum atomic E-state index is -0.741. The average molecular weight is 319 g/mol. The Morgan fingerprint density at radius 3 is 2.39 bits per heavy atom. The highest BCUT2D eigenvalue weighted by atomic mass is 16.6. The van der Waals surface area contributed by atoms with Gasteiger partial charge in [0, 0.05) is 5.41 Å². The number of esters is 1. The summed E-state index contributed by atoms with van der Waals surface area (Å²) in [7, 11) is 0. The molecule has 1 aromatic rings. The number of carbonyl (C=O) groups excluding carboxylic acids is 2. The summed E-state index contributed by atoms with van der Waals surface area (Å²) < 4.78 is 10.7. The third-order valence-corrected chi connectivity index (χ3v) is 3.90. The average Bonchev–Trinajstić information content (AvgIpc) is 2.66. The molecule has 5 heteroatoms. The molecular formula is C18H25NO4. The summed E-state index contributed by atoms with van der Waals surface area (Å²) in [6.07, 6.45) is -0.534. The number of benzene rings is 1. The number of anilines is 1. The molecule has 1 aliphatic rings. The molecule has 0 unspecified atom stereocenters. The van der Waals surface area contributed by atoms with Crippen LogP contribution < -0.4 is 4.90 Å². The smallest absolute Gasteiger partial charge is 0.415 e. The molecule has 1 heterocycles. The van der Waals surface area contributed by atoms with E-state index in [0.717, 1.165) is 5.56 Å². The normalized spacial score (nSPS) is 19.2. The molecule has 5 nitrogen and oxygen atoms in total. The maximum absolute atomic E-state index is 12.7. The van der Waals surface area contributed by atoms with Gasteiger partial charge in [0.25, 0.3) is 0 Å². The van der Waals surface area contributed by atoms with Crippen molar-refractivity contribution in [2.24, 2.45) is 0 Å². The van der Waals surface area contributed by atoms with Crippen molar-refractivity contribution in [1.29, 1.82) is 0 Å². The van der Waals surface area contributed by atoms with Gasteiger partial charge in [-0.05, 0) is 39.3 Å². The molecule has 1 aromatic carbocycles. The number of amides is 1. The molecule has 0 N–H and O–H groups in total. The van der Waals surface area contributed by atoms with Crippen LogP contribution in [0.5, 0.6) is 0 Å². The topological polar surface area (TPSA) is 55.8 Å². The van der Waals surface area contributed by atoms with E-state index >= 15 is 0 Å². The maximum Gasteiger partial charge on any atom is 0.415 e. The molecule has 0 saturated heterocycles. The van der Waals surface area contributed by atoms with Gasteiger partial charge in [0.15, 0.2) is 0 Å². The fraction of sp³-hybridized carbons (Fsp3) is 0.556. The fourth-order valence-electron chi connectivity index (χ4n) is 2.97. The zero-order chi connectivity index (χ0) is 17.4. The van der Waals surface area contributed by atoms with E-state index in [2.05, 4.69) is 0 Å². The highest BCUT2D eigenvalue weighted by Crippen LogP contribution is 2.46. The van der Waals surface area contributed by atoms with E-state index in [0.29, 0.717) is 5.69 Å². The Kier molecular flexibility index (Phi) is 4.42. The largest absolute Gasteiger partial charge is 0.464 e. The Morgan fingerprint density at radius 2 is 1.83 bits per heavy atom. The Bertz CT molecular complexity index is 616. The van der Waals surface area contributed by atoms with Crippen LogP contribution in [0.15, 0.2) is 24.3 Å². The molecule has 23 heavy (non-hydrogen) atoms. The van der Waals surface area contributed by atoms with Crippen molar-refractivity contribution in [2.45, 2.75) is 58.6 Å². The lowest BCUT2D eigenvalue weighted by molar-refractivity contribution is -0.146. The van der Waals surface area contributed by atoms with Crippen molar-refractivity contribution in [3.63, 3.8) is 0 Å². The number of rotatable bonds is 2. The van der Waals surface area contributed by atoms with Crippen LogP contribution in [0.2, 0.25) is 0 Å². The minimum absolute atomic E-state index is 0.268. The van der Waals surface area contributed by atoms with Gasteiger partial charge in [-0.15, -0.1) is 0 Å². The van der Waals surface area contributed by atoms with Crippen molar-refractivity contribution < 1.29 is 19.1 Å². The Hall–Kier alpha value is -2.04. The standard InChI is InChI=1S/C18H25NO4/c1-7-22-15(20)14-18(5,6)12-10-8-9-11-13(12)19(14)16(21)23-17(2,3)4/h8-11,14H,7H2,1-6H3/t14-/m1/s1. The molecule has 0 bridgehead atoms. The third-order valence-electron chi connectivity index (χ3n) is 3.90. The van der Waals surface area contributed by atoms with E-state index < -0.39 is 29.1 Å². The van der Waals surface area contributed by atoms with Crippen molar-refractivity contribution in [3.05, 3.63) is 29.8 Å². The predicted molar refractivity (Wildman–Crippen MR) is 88.6 cm³/mol. The number of para-hydroxylation sites is 1. The third kappa shape index (κ3) is 3.19. The molecule has 0 spiro atoms. The Morgan fingerprint density at radius 1 is 1.22 bits per heavy atom. The van der Waals surface area contributed by atoms with Crippen LogP contribution in [0, 0.1) is 0 Å². The van der Waals surface area contributed by atoms with Crippen LogP contribution in [-0.4, -0.2) is 30.3 Å². The van der Waals surface area contributed by atoms with Gasteiger partial charge in [-0.25, -0.2) is 9.59 Å². The highest BCUT2D eigenvalue weighted by molar-refractivity contribution is 6.00. The fourth-order valence-corrected chi connectivity index (χ4v) is 2.97. The molecular weight excluding hydrogens is 294 g/mol. The molecule has 126 valence electrons. The van der Waals surface area contributed by atoms with Gasteiger partial charge in [-0.1, -0.05) is 32.0 Å². The van der Waals surface area contributed by atoms with Gasteiger partial charge in [-0.2, -0.15) is 0 Å². The molecule has 0 saturated carbocycles. The van der Waals surface area contributed by atoms with Crippen LogP contribution in [0.1, 0.15) is 47.1 Å². The predicted octanol–water partition coefficient (Wildman–Crippen LogP) is 3.65. The van der Waals surface area contributed by atoms with Crippen LogP contribution in [0.4, 0.5) is 10.5 Å². The molecule has 1 aliphatic heterocycles. The molecule has 0 fully saturated rings. The van der Waals surface area contributed by atoms with Gasteiger partial charge in [0.1, 0.15) is 11.6 Å². The summed E-state index contributed by atoms with van der Waals surface area (Å²) in [4.78, 5) is 26.7. The Balaban J connectivity index is 2.50. The first-order valence-corrected chi connectivity index (χ1v) is 7.88. The van der Waals surface area contributed by atoms with E-state index in [1.54, 1.807) is 27.7 Å². The lowest BCUT2D eigenvalue weighted by Gasteiger charge is -2.32. The van der Waals surface area contributed by atoms with Crippen LogP contribution in [0.3, 0.4) is 0 Å². The summed E-state index contributed by atoms with van der Waals surface area (Å²) in [6.45, 7) is 11.3. The number of hydrogen-bond acceptors (Lipinski definition) is 4. The van der Waals surface area contributed by atoms with Gasteiger partial charge < -0.3 is 9.47 Å². The minimum Gasteiger partial charge on any atom is -0.464 e. The maximum atomic E-state index is 12.7. The summed E-state index contributed by atoms with van der Waals surface area (Å²) in [5, 5.41) is 0. The van der Waals surface area contributed by atoms with Gasteiger partial charge in [0.05, 0.1) is 12.3 Å². The number of hydrogen-bond donors (Lipinski definition) is 0. The van der Waals surface area contributed by atoms with Crippen molar-refractivity contribution in [2.75, 3.05) is 11.5 Å². The van der Waals surface area contributed by atoms with Crippen molar-refractivity contribution in [3.8, 4) is 0 Å². The molecule has 2 rings (SSSR count). The van der Waals surface area contributed by atoms with E-state index in [-0.39, 0.29) is 6.61 Å². The number of ether oxygens (including phenoxy) is 2. The zero-order valence-electron chi connectivity index (χ0n) is 14.7. The Labute approximate surface area is 137 Å². The quantitative estimate of drug-likeness (QED) is 0.781. The SMILES string of the molecule is CCOC(=O)[C@H]1N(C(=O)OC(C)(C)C)c2ccccc2C1(C)C. The monoisotopic (exact) mass is 319 g/mol. The first-order chi connectivity index (χ1) is 10.6.